The Kier molecular flexibility index (Phi) is 8.06. The highest BCUT2D eigenvalue weighted by atomic mass is 127. The summed E-state index contributed by atoms with van der Waals surface area (Å²) in [6.07, 6.45) is 0.216. The van der Waals surface area contributed by atoms with Gasteiger partial charge in [0.2, 0.25) is 0 Å². The zero-order valence-corrected chi connectivity index (χ0v) is 20.3. The number of halogens is 1. The smallest absolute Gasteiger partial charge is 0.194 e. The van der Waals surface area contributed by atoms with E-state index < -0.39 is 0 Å². The molecule has 2 atom stereocenters. The normalized spacial score (nSPS) is 22.0. The van der Waals surface area contributed by atoms with E-state index in [1.807, 2.05) is 18.5 Å². The molecule has 2 saturated heterocycles. The maximum atomic E-state index is 6.12. The van der Waals surface area contributed by atoms with Gasteiger partial charge in [-0.05, 0) is 19.4 Å². The lowest BCUT2D eigenvalue weighted by atomic mass is 10.1. The number of guanidine groups is 1. The Hall–Kier alpha value is -1.72. The number of aryl methyl sites for hydroxylation is 1. The van der Waals surface area contributed by atoms with Gasteiger partial charge in [0, 0.05) is 39.8 Å². The molecule has 0 bridgehead atoms. The van der Waals surface area contributed by atoms with Crippen LogP contribution in [0.4, 0.5) is 0 Å². The van der Waals surface area contributed by atoms with Gasteiger partial charge in [-0.3, -0.25) is 4.90 Å². The second kappa shape index (κ2) is 10.5. The second-order valence-corrected chi connectivity index (χ2v) is 7.73. The Morgan fingerprint density at radius 3 is 2.73 bits per heavy atom. The number of benzene rings is 1. The lowest BCUT2D eigenvalue weighted by Crippen LogP contribution is -2.50. The number of likely N-dealkylation sites (tertiary alicyclic amines) is 1. The number of aromatic nitrogens is 3. The van der Waals surface area contributed by atoms with Gasteiger partial charge < -0.3 is 19.5 Å². The Labute approximate surface area is 195 Å². The van der Waals surface area contributed by atoms with Crippen LogP contribution in [0.1, 0.15) is 24.1 Å². The molecule has 1 aromatic carbocycles. The third kappa shape index (κ3) is 5.12. The minimum atomic E-state index is 0. The summed E-state index contributed by atoms with van der Waals surface area (Å²) in [5.41, 5.74) is 1.35. The first-order valence-corrected chi connectivity index (χ1v) is 10.4. The summed E-state index contributed by atoms with van der Waals surface area (Å²) >= 11 is 0. The lowest BCUT2D eigenvalue weighted by Gasteiger charge is -2.36. The third-order valence-corrected chi connectivity index (χ3v) is 5.83. The fourth-order valence-corrected chi connectivity index (χ4v) is 4.11. The standard InChI is InChI=1S/C21H31N7O.HI/c1-4-22-21(23-12-20-25-24-16(2)26(20)3)28-14-18-19(15-28)29-11-10-27(18)13-17-8-6-5-7-9-17;/h5-9,18-19H,4,10-15H2,1-3H3,(H,22,23);1H. The second-order valence-electron chi connectivity index (χ2n) is 7.73. The van der Waals surface area contributed by atoms with Crippen LogP contribution in [-0.4, -0.2) is 75.5 Å². The Morgan fingerprint density at radius 2 is 2.03 bits per heavy atom. The van der Waals surface area contributed by atoms with Gasteiger partial charge in [0.15, 0.2) is 11.8 Å². The van der Waals surface area contributed by atoms with Crippen LogP contribution >= 0.6 is 24.0 Å². The van der Waals surface area contributed by atoms with Crippen molar-refractivity contribution < 1.29 is 4.74 Å². The highest BCUT2D eigenvalue weighted by molar-refractivity contribution is 14.0. The van der Waals surface area contributed by atoms with E-state index >= 15 is 0 Å². The van der Waals surface area contributed by atoms with Gasteiger partial charge in [-0.1, -0.05) is 30.3 Å². The van der Waals surface area contributed by atoms with E-state index in [-0.39, 0.29) is 30.1 Å². The fourth-order valence-electron chi connectivity index (χ4n) is 4.11. The molecule has 2 aliphatic rings. The summed E-state index contributed by atoms with van der Waals surface area (Å²) in [6, 6.07) is 11.1. The third-order valence-electron chi connectivity index (χ3n) is 5.83. The van der Waals surface area contributed by atoms with E-state index in [0.717, 1.165) is 56.9 Å². The average molecular weight is 525 g/mol. The predicted molar refractivity (Wildman–Crippen MR) is 128 cm³/mol. The van der Waals surface area contributed by atoms with Crippen LogP contribution in [-0.2, 0) is 24.9 Å². The summed E-state index contributed by atoms with van der Waals surface area (Å²) < 4.78 is 8.11. The van der Waals surface area contributed by atoms with Gasteiger partial charge in [-0.15, -0.1) is 34.2 Å². The van der Waals surface area contributed by atoms with E-state index in [1.54, 1.807) is 0 Å². The van der Waals surface area contributed by atoms with E-state index in [0.29, 0.717) is 12.6 Å². The topological polar surface area (TPSA) is 70.8 Å². The van der Waals surface area contributed by atoms with Crippen molar-refractivity contribution >= 4 is 29.9 Å². The van der Waals surface area contributed by atoms with Crippen LogP contribution in [0, 0.1) is 6.92 Å². The minimum absolute atomic E-state index is 0. The molecular formula is C21H32IN7O. The van der Waals surface area contributed by atoms with Crippen molar-refractivity contribution in [2.24, 2.45) is 12.0 Å². The number of morpholine rings is 1. The van der Waals surface area contributed by atoms with E-state index in [1.165, 1.54) is 5.56 Å². The van der Waals surface area contributed by atoms with E-state index in [2.05, 4.69) is 62.6 Å². The molecule has 0 radical (unpaired) electrons. The number of nitrogens with zero attached hydrogens (tertiary/aromatic N) is 6. The molecule has 0 saturated carbocycles. The molecule has 2 aromatic rings. The molecule has 0 amide bonds. The van der Waals surface area contributed by atoms with Crippen LogP contribution in [0.2, 0.25) is 0 Å². The molecule has 164 valence electrons. The average Bonchev–Trinajstić information content (AvgIpc) is 3.31. The van der Waals surface area contributed by atoms with Crippen molar-refractivity contribution in [3.63, 3.8) is 0 Å². The molecular weight excluding hydrogens is 493 g/mol. The number of rotatable bonds is 5. The quantitative estimate of drug-likeness (QED) is 0.365. The van der Waals surface area contributed by atoms with Crippen molar-refractivity contribution in [2.75, 3.05) is 32.8 Å². The lowest BCUT2D eigenvalue weighted by molar-refractivity contribution is -0.0502. The summed E-state index contributed by atoms with van der Waals surface area (Å²) in [5.74, 6) is 2.69. The summed E-state index contributed by atoms with van der Waals surface area (Å²) in [6.45, 7) is 9.89. The van der Waals surface area contributed by atoms with Crippen molar-refractivity contribution in [2.45, 2.75) is 39.1 Å². The maximum absolute atomic E-state index is 6.12. The minimum Gasteiger partial charge on any atom is -0.373 e. The molecule has 1 N–H and O–H groups in total. The van der Waals surface area contributed by atoms with Crippen LogP contribution < -0.4 is 5.32 Å². The molecule has 30 heavy (non-hydrogen) atoms. The zero-order valence-electron chi connectivity index (χ0n) is 18.0. The van der Waals surface area contributed by atoms with Gasteiger partial charge in [-0.25, -0.2) is 4.99 Å². The first kappa shape index (κ1) is 23.0. The van der Waals surface area contributed by atoms with Crippen LogP contribution in [0.3, 0.4) is 0 Å². The largest absolute Gasteiger partial charge is 0.373 e. The van der Waals surface area contributed by atoms with Crippen molar-refractivity contribution in [1.29, 1.82) is 0 Å². The first-order chi connectivity index (χ1) is 14.2. The van der Waals surface area contributed by atoms with E-state index in [9.17, 15) is 0 Å². The number of hydrogen-bond acceptors (Lipinski definition) is 5. The van der Waals surface area contributed by atoms with Gasteiger partial charge in [0.25, 0.3) is 0 Å². The number of nitrogens with one attached hydrogen (secondary N) is 1. The monoisotopic (exact) mass is 525 g/mol. The number of hydrogen-bond donors (Lipinski definition) is 1. The fraction of sp³-hybridized carbons (Fsp3) is 0.571. The molecule has 1 aromatic heterocycles. The number of aliphatic imine (C=N–C) groups is 1. The molecule has 0 spiro atoms. The van der Waals surface area contributed by atoms with Crippen LogP contribution in [0.25, 0.3) is 0 Å². The molecule has 2 aliphatic heterocycles. The SMILES string of the molecule is CCNC(=NCc1nnc(C)n1C)N1CC2OCCN(Cc3ccccc3)C2C1.I. The Balaban J connectivity index is 0.00000256. The molecule has 4 rings (SSSR count). The summed E-state index contributed by atoms with van der Waals surface area (Å²) in [7, 11) is 1.98. The molecule has 2 unspecified atom stereocenters. The first-order valence-electron chi connectivity index (χ1n) is 10.4. The Bertz CT molecular complexity index is 841. The van der Waals surface area contributed by atoms with Gasteiger partial charge in [-0.2, -0.15) is 0 Å². The molecule has 3 heterocycles. The summed E-state index contributed by atoms with van der Waals surface area (Å²) in [4.78, 5) is 9.72. The van der Waals surface area contributed by atoms with Crippen LogP contribution in [0.5, 0.6) is 0 Å². The Morgan fingerprint density at radius 1 is 1.23 bits per heavy atom. The molecule has 8 nitrogen and oxygen atoms in total. The molecule has 9 heteroatoms. The van der Waals surface area contributed by atoms with Gasteiger partial charge >= 0.3 is 0 Å². The van der Waals surface area contributed by atoms with E-state index in [4.69, 9.17) is 9.73 Å². The number of ether oxygens (including phenoxy) is 1. The van der Waals surface area contributed by atoms with Gasteiger partial charge in [0.05, 0.1) is 18.8 Å². The molecule has 2 fully saturated rings. The van der Waals surface area contributed by atoms with Gasteiger partial charge in [0.1, 0.15) is 12.4 Å². The van der Waals surface area contributed by atoms with Crippen LogP contribution in [0.15, 0.2) is 35.3 Å². The maximum Gasteiger partial charge on any atom is 0.194 e. The summed E-state index contributed by atoms with van der Waals surface area (Å²) in [5, 5.41) is 11.8. The zero-order chi connectivity index (χ0) is 20.2. The number of fused-ring (bicyclic) bond motifs is 1. The highest BCUT2D eigenvalue weighted by Gasteiger charge is 2.41. The highest BCUT2D eigenvalue weighted by Crippen LogP contribution is 2.24. The van der Waals surface area contributed by atoms with Crippen molar-refractivity contribution in [3.05, 3.63) is 47.5 Å². The molecule has 0 aliphatic carbocycles. The predicted octanol–water partition coefficient (Wildman–Crippen LogP) is 1.79. The van der Waals surface area contributed by atoms with Crippen molar-refractivity contribution in [3.8, 4) is 0 Å². The van der Waals surface area contributed by atoms with Crippen molar-refractivity contribution in [1.82, 2.24) is 29.9 Å².